The van der Waals surface area contributed by atoms with E-state index in [0.717, 1.165) is 0 Å². The summed E-state index contributed by atoms with van der Waals surface area (Å²) in [5, 5.41) is 1.25. The van der Waals surface area contributed by atoms with Gasteiger partial charge in [0, 0.05) is 35.5 Å². The van der Waals surface area contributed by atoms with Crippen molar-refractivity contribution in [3.05, 3.63) is 30.3 Å². The van der Waals surface area contributed by atoms with Crippen LogP contribution in [0.1, 0.15) is 27.7 Å². The van der Waals surface area contributed by atoms with Crippen LogP contribution in [0, 0.1) is 29.9 Å². The maximum absolute atomic E-state index is 11.8. The molecule has 0 unspecified atom stereocenters. The fourth-order valence-corrected chi connectivity index (χ4v) is 2.54. The molecule has 0 bridgehead atoms. The summed E-state index contributed by atoms with van der Waals surface area (Å²) in [7, 11) is -0.0540. The second-order valence-electron chi connectivity index (χ2n) is 4.90. The van der Waals surface area contributed by atoms with Gasteiger partial charge in [-0.1, -0.05) is 42.4 Å². The normalized spacial score (nSPS) is 12.5. The largest absolute Gasteiger partial charge is 0.460 e. The van der Waals surface area contributed by atoms with Crippen LogP contribution >= 0.6 is 0 Å². The molecule has 0 aliphatic carbocycles. The minimum absolute atomic E-state index is 0. The second-order valence-corrected chi connectivity index (χ2v) is 6.90. The van der Waals surface area contributed by atoms with E-state index in [1.807, 2.05) is 45.9 Å². The van der Waals surface area contributed by atoms with Crippen LogP contribution in [0.4, 0.5) is 0 Å². The smallest absolute Gasteiger partial charge is 0.306 e. The molecule has 0 saturated carbocycles. The van der Waals surface area contributed by atoms with Gasteiger partial charge in [-0.15, -0.1) is 0 Å². The molecule has 0 saturated heterocycles. The number of esters is 1. The minimum atomic E-state index is -0.387. The van der Waals surface area contributed by atoms with Gasteiger partial charge in [0.15, 0.2) is 0 Å². The molecule has 17 heavy (non-hydrogen) atoms. The summed E-state index contributed by atoms with van der Waals surface area (Å²) in [5.41, 5.74) is -0.400. The van der Waals surface area contributed by atoms with Crippen LogP contribution in [-0.4, -0.2) is 21.1 Å². The van der Waals surface area contributed by atoms with E-state index in [2.05, 4.69) is 12.1 Å². The third-order valence-electron chi connectivity index (χ3n) is 2.02. The van der Waals surface area contributed by atoms with Gasteiger partial charge in [0.1, 0.15) is 5.60 Å². The molecule has 0 aliphatic rings. The SMILES string of the molecule is C[C@@H]([SiH]c1ccccc1)C(=O)OC(C)(C)C.[Np]. The van der Waals surface area contributed by atoms with Gasteiger partial charge < -0.3 is 4.74 Å². The average molecular weight is 472 g/mol. The number of hydrogen-bond donors (Lipinski definition) is 0. The van der Waals surface area contributed by atoms with Gasteiger partial charge in [0.2, 0.25) is 0 Å². The Labute approximate surface area is 129 Å². The first-order valence-electron chi connectivity index (χ1n) is 5.51. The molecular formula is C13H19NpO2Si. The summed E-state index contributed by atoms with van der Waals surface area (Å²) in [6.07, 6.45) is 0. The van der Waals surface area contributed by atoms with Gasteiger partial charge in [-0.05, 0) is 20.8 Å². The monoisotopic (exact) mass is 471 g/mol. The van der Waals surface area contributed by atoms with E-state index >= 15 is 0 Å². The van der Waals surface area contributed by atoms with Crippen LogP contribution in [0.15, 0.2) is 30.3 Å². The van der Waals surface area contributed by atoms with Crippen LogP contribution in [0.2, 0.25) is 5.54 Å². The molecule has 0 amide bonds. The molecule has 0 N–H and O–H groups in total. The molecule has 1 aromatic carbocycles. The van der Waals surface area contributed by atoms with Gasteiger partial charge in [-0.25, -0.2) is 0 Å². The molecule has 1 aromatic rings. The summed E-state index contributed by atoms with van der Waals surface area (Å²) in [6.45, 7) is 7.64. The fraction of sp³-hybridized carbons (Fsp3) is 0.462. The van der Waals surface area contributed by atoms with E-state index in [4.69, 9.17) is 4.74 Å². The van der Waals surface area contributed by atoms with Crippen molar-refractivity contribution in [2.24, 2.45) is 0 Å². The third kappa shape index (κ3) is 7.05. The van der Waals surface area contributed by atoms with Crippen molar-refractivity contribution in [1.29, 1.82) is 0 Å². The Kier molecular flexibility index (Phi) is 7.34. The van der Waals surface area contributed by atoms with Crippen LogP contribution in [0.5, 0.6) is 0 Å². The molecule has 92 valence electrons. The molecule has 1 atom stereocenters. The standard InChI is InChI=1S/C13H19O2Si.Np/c1-10(12(14)15-13(2,3)4)16-11-8-6-5-7-9-11;/h5-10,16H,1-4H3;/t10-;/m1./s1. The van der Waals surface area contributed by atoms with E-state index in [9.17, 15) is 4.79 Å². The molecule has 0 aliphatic heterocycles. The van der Waals surface area contributed by atoms with Gasteiger partial charge in [-0.3, -0.25) is 4.79 Å². The van der Waals surface area contributed by atoms with Crippen molar-refractivity contribution in [3.8, 4) is 0 Å². The number of carbonyl (C=O) groups excluding carboxylic acids is 1. The van der Waals surface area contributed by atoms with Crippen LogP contribution in [0.3, 0.4) is 0 Å². The first-order chi connectivity index (χ1) is 7.38. The van der Waals surface area contributed by atoms with E-state index in [1.54, 1.807) is 0 Å². The quantitative estimate of drug-likeness (QED) is 0.497. The first kappa shape index (κ1) is 16.9. The zero-order chi connectivity index (χ0) is 12.2. The van der Waals surface area contributed by atoms with Crippen LogP contribution in [0.25, 0.3) is 0 Å². The van der Waals surface area contributed by atoms with Crippen molar-refractivity contribution in [2.45, 2.75) is 38.8 Å². The maximum atomic E-state index is 11.8. The Bertz CT molecular complexity index is 346. The zero-order valence-electron chi connectivity index (χ0n) is 10.8. The first-order valence-corrected chi connectivity index (χ1v) is 6.76. The molecule has 0 heterocycles. The average Bonchev–Trinajstić information content (AvgIpc) is 2.16. The number of benzene rings is 1. The van der Waals surface area contributed by atoms with Crippen molar-refractivity contribution < 1.29 is 39.5 Å². The van der Waals surface area contributed by atoms with E-state index in [0.29, 0.717) is 0 Å². The van der Waals surface area contributed by atoms with Gasteiger partial charge in [0.25, 0.3) is 0 Å². The van der Waals surface area contributed by atoms with Crippen LogP contribution in [-0.2, 0) is 9.53 Å². The minimum Gasteiger partial charge on any atom is -0.460 e. The molecule has 0 spiro atoms. The van der Waals surface area contributed by atoms with Gasteiger partial charge in [-0.2, -0.15) is 0 Å². The Hall–Kier alpha value is -0.0801. The summed E-state index contributed by atoms with van der Waals surface area (Å²) in [6, 6.07) is 10.1. The summed E-state index contributed by atoms with van der Waals surface area (Å²) < 4.78 is 5.35. The Morgan fingerprint density at radius 3 is 2.24 bits per heavy atom. The predicted molar refractivity (Wildman–Crippen MR) is 68.5 cm³/mol. The van der Waals surface area contributed by atoms with Gasteiger partial charge >= 0.3 is 5.97 Å². The number of carbonyl (C=O) groups is 1. The molecule has 1 rings (SSSR count). The Morgan fingerprint density at radius 2 is 1.76 bits per heavy atom. The number of rotatable bonds is 3. The summed E-state index contributed by atoms with van der Waals surface area (Å²) in [4.78, 5) is 11.8. The van der Waals surface area contributed by atoms with Crippen LogP contribution < -0.4 is 5.19 Å². The van der Waals surface area contributed by atoms with E-state index in [1.165, 1.54) is 5.19 Å². The van der Waals surface area contributed by atoms with Crippen molar-refractivity contribution >= 4 is 20.7 Å². The molecule has 2 radical (unpaired) electrons. The fourth-order valence-electron chi connectivity index (χ4n) is 1.32. The Balaban J connectivity index is 0.00000256. The second kappa shape index (κ2) is 7.38. The number of hydrogen-bond acceptors (Lipinski definition) is 2. The van der Waals surface area contributed by atoms with Crippen molar-refractivity contribution in [2.75, 3.05) is 0 Å². The number of ether oxygens (including phenoxy) is 1. The molecule has 0 aromatic heterocycles. The molecule has 0 fully saturated rings. The summed E-state index contributed by atoms with van der Waals surface area (Å²) in [5.74, 6) is -0.0913. The summed E-state index contributed by atoms with van der Waals surface area (Å²) >= 11 is 0. The molecule has 4 heteroatoms. The molecular weight excluding hydrogens is 453 g/mol. The predicted octanol–water partition coefficient (Wildman–Crippen LogP) is 1.90. The van der Waals surface area contributed by atoms with Crippen molar-refractivity contribution in [3.63, 3.8) is 0 Å². The maximum Gasteiger partial charge on any atom is 0.306 e. The van der Waals surface area contributed by atoms with Gasteiger partial charge in [0.05, 0.1) is 9.52 Å². The molecule has 2 nitrogen and oxygen atoms in total. The Morgan fingerprint density at radius 1 is 1.24 bits per heavy atom. The third-order valence-corrected chi connectivity index (χ3v) is 3.56. The zero-order valence-corrected chi connectivity index (χ0v) is 15.7. The van der Waals surface area contributed by atoms with E-state index < -0.39 is 0 Å². The van der Waals surface area contributed by atoms with E-state index in [-0.39, 0.29) is 56.6 Å². The topological polar surface area (TPSA) is 26.3 Å². The van der Waals surface area contributed by atoms with Crippen molar-refractivity contribution in [1.82, 2.24) is 0 Å².